The molecule has 1 heterocycles. The SMILES string of the molecule is COC1O[C@H](CO)[C@@H](OCc2ccccc2)[C@H](OCc2ccccc2)[C@H]1OC(C)=O. The standard InChI is InChI=1S/C23H28O7/c1-16(25)29-22-21(28-15-18-11-7-4-8-12-18)20(19(13-24)30-23(22)26-2)27-14-17-9-5-3-6-10-17/h3-12,19-24H,13-15H2,1-2H3/t19-,20-,21+,22-,23?/m1/s1. The van der Waals surface area contributed by atoms with Gasteiger partial charge in [0.1, 0.15) is 18.3 Å². The molecule has 0 amide bonds. The molecule has 0 aliphatic carbocycles. The number of aliphatic hydroxyl groups excluding tert-OH is 1. The van der Waals surface area contributed by atoms with Gasteiger partial charge in [0.25, 0.3) is 0 Å². The lowest BCUT2D eigenvalue weighted by atomic mass is 9.98. The van der Waals surface area contributed by atoms with Gasteiger partial charge in [-0.1, -0.05) is 60.7 Å². The molecule has 0 radical (unpaired) electrons. The van der Waals surface area contributed by atoms with Crippen LogP contribution in [0.4, 0.5) is 0 Å². The predicted molar refractivity (Wildman–Crippen MR) is 108 cm³/mol. The van der Waals surface area contributed by atoms with E-state index < -0.39 is 36.7 Å². The number of aliphatic hydroxyl groups is 1. The molecule has 0 bridgehead atoms. The van der Waals surface area contributed by atoms with E-state index >= 15 is 0 Å². The minimum absolute atomic E-state index is 0.281. The van der Waals surface area contributed by atoms with Gasteiger partial charge in [-0.15, -0.1) is 0 Å². The van der Waals surface area contributed by atoms with Crippen LogP contribution in [-0.4, -0.2) is 55.5 Å². The molecule has 7 nitrogen and oxygen atoms in total. The first-order valence-corrected chi connectivity index (χ1v) is 9.89. The highest BCUT2D eigenvalue weighted by Gasteiger charge is 2.49. The number of carbonyl (C=O) groups is 1. The fourth-order valence-electron chi connectivity index (χ4n) is 3.46. The maximum absolute atomic E-state index is 11.8. The van der Waals surface area contributed by atoms with E-state index in [-0.39, 0.29) is 13.2 Å². The summed E-state index contributed by atoms with van der Waals surface area (Å²) in [6.45, 7) is 1.60. The Balaban J connectivity index is 1.83. The molecule has 1 unspecified atom stereocenters. The van der Waals surface area contributed by atoms with Crippen molar-refractivity contribution in [3.8, 4) is 0 Å². The summed E-state index contributed by atoms with van der Waals surface area (Å²) < 4.78 is 29.0. The van der Waals surface area contributed by atoms with Crippen LogP contribution < -0.4 is 0 Å². The molecular formula is C23H28O7. The average molecular weight is 416 g/mol. The van der Waals surface area contributed by atoms with Crippen LogP contribution in [0.2, 0.25) is 0 Å². The summed E-state index contributed by atoms with van der Waals surface area (Å²) >= 11 is 0. The lowest BCUT2D eigenvalue weighted by Gasteiger charge is -2.44. The molecule has 2 aromatic rings. The van der Waals surface area contributed by atoms with Gasteiger partial charge in [-0.05, 0) is 11.1 Å². The van der Waals surface area contributed by atoms with Crippen molar-refractivity contribution in [2.24, 2.45) is 0 Å². The van der Waals surface area contributed by atoms with Crippen LogP contribution in [0, 0.1) is 0 Å². The van der Waals surface area contributed by atoms with Crippen molar-refractivity contribution in [2.45, 2.75) is 50.8 Å². The second kappa shape index (κ2) is 11.2. The van der Waals surface area contributed by atoms with Crippen LogP contribution in [0.15, 0.2) is 60.7 Å². The van der Waals surface area contributed by atoms with Crippen molar-refractivity contribution in [3.05, 3.63) is 71.8 Å². The summed E-state index contributed by atoms with van der Waals surface area (Å²) in [7, 11) is 1.45. The van der Waals surface area contributed by atoms with Crippen molar-refractivity contribution in [3.63, 3.8) is 0 Å². The minimum Gasteiger partial charge on any atom is -0.454 e. The summed E-state index contributed by atoms with van der Waals surface area (Å²) in [5, 5.41) is 9.92. The van der Waals surface area contributed by atoms with Crippen molar-refractivity contribution in [1.29, 1.82) is 0 Å². The van der Waals surface area contributed by atoms with Gasteiger partial charge in [-0.3, -0.25) is 4.79 Å². The van der Waals surface area contributed by atoms with Crippen LogP contribution in [-0.2, 0) is 41.7 Å². The molecule has 0 aromatic heterocycles. The summed E-state index contributed by atoms with van der Waals surface area (Å²) in [5.41, 5.74) is 1.93. The molecule has 1 aliphatic heterocycles. The molecule has 0 saturated carbocycles. The molecule has 1 saturated heterocycles. The van der Waals surface area contributed by atoms with Crippen molar-refractivity contribution in [1.82, 2.24) is 0 Å². The highest BCUT2D eigenvalue weighted by molar-refractivity contribution is 5.66. The summed E-state index contributed by atoms with van der Waals surface area (Å²) in [6.07, 6.45) is -3.81. The molecule has 162 valence electrons. The molecule has 7 heteroatoms. The molecular weight excluding hydrogens is 388 g/mol. The first-order chi connectivity index (χ1) is 14.6. The second-order valence-electron chi connectivity index (χ2n) is 7.06. The van der Waals surface area contributed by atoms with E-state index in [0.29, 0.717) is 6.61 Å². The van der Waals surface area contributed by atoms with Crippen molar-refractivity contribution >= 4 is 5.97 Å². The predicted octanol–water partition coefficient (Wildman–Crippen LogP) is 2.45. The molecule has 1 aliphatic rings. The van der Waals surface area contributed by atoms with Gasteiger partial charge < -0.3 is 28.8 Å². The third-order valence-electron chi connectivity index (χ3n) is 4.88. The first kappa shape index (κ1) is 22.4. The van der Waals surface area contributed by atoms with Gasteiger partial charge in [0.2, 0.25) is 0 Å². The van der Waals surface area contributed by atoms with Crippen LogP contribution in [0.1, 0.15) is 18.1 Å². The number of ether oxygens (including phenoxy) is 5. The fourth-order valence-corrected chi connectivity index (χ4v) is 3.46. The number of hydrogen-bond donors (Lipinski definition) is 1. The highest BCUT2D eigenvalue weighted by atomic mass is 16.7. The molecule has 1 fully saturated rings. The number of rotatable bonds is 9. The largest absolute Gasteiger partial charge is 0.454 e. The number of esters is 1. The smallest absolute Gasteiger partial charge is 0.303 e. The van der Waals surface area contributed by atoms with Crippen LogP contribution in [0.3, 0.4) is 0 Å². The van der Waals surface area contributed by atoms with E-state index in [1.807, 2.05) is 60.7 Å². The summed E-state index contributed by atoms with van der Waals surface area (Å²) in [4.78, 5) is 11.8. The van der Waals surface area contributed by atoms with Crippen molar-refractivity contribution in [2.75, 3.05) is 13.7 Å². The van der Waals surface area contributed by atoms with E-state index in [9.17, 15) is 9.90 Å². The summed E-state index contributed by atoms with van der Waals surface area (Å²) in [6, 6.07) is 19.3. The number of carbonyl (C=O) groups excluding carboxylic acids is 1. The first-order valence-electron chi connectivity index (χ1n) is 9.89. The Morgan fingerprint density at radius 3 is 1.90 bits per heavy atom. The Kier molecular flexibility index (Phi) is 8.36. The zero-order valence-electron chi connectivity index (χ0n) is 17.2. The number of hydrogen-bond acceptors (Lipinski definition) is 7. The Bertz CT molecular complexity index is 768. The van der Waals surface area contributed by atoms with Gasteiger partial charge in [0, 0.05) is 14.0 Å². The van der Waals surface area contributed by atoms with E-state index in [1.54, 1.807) is 0 Å². The third kappa shape index (κ3) is 5.87. The van der Waals surface area contributed by atoms with Gasteiger partial charge >= 0.3 is 5.97 Å². The maximum atomic E-state index is 11.8. The monoisotopic (exact) mass is 416 g/mol. The third-order valence-corrected chi connectivity index (χ3v) is 4.88. The molecule has 1 N–H and O–H groups in total. The molecule has 5 atom stereocenters. The Hall–Kier alpha value is -2.29. The molecule has 3 rings (SSSR count). The van der Waals surface area contributed by atoms with Crippen LogP contribution in [0.5, 0.6) is 0 Å². The van der Waals surface area contributed by atoms with E-state index in [1.165, 1.54) is 14.0 Å². The Morgan fingerprint density at radius 1 is 0.900 bits per heavy atom. The zero-order chi connectivity index (χ0) is 21.3. The Labute approximate surface area is 176 Å². The molecule has 30 heavy (non-hydrogen) atoms. The maximum Gasteiger partial charge on any atom is 0.303 e. The quantitative estimate of drug-likeness (QED) is 0.629. The normalized spacial score (nSPS) is 26.3. The fraction of sp³-hybridized carbons (Fsp3) is 0.435. The van der Waals surface area contributed by atoms with Gasteiger partial charge in [-0.2, -0.15) is 0 Å². The van der Waals surface area contributed by atoms with Crippen LogP contribution in [0.25, 0.3) is 0 Å². The van der Waals surface area contributed by atoms with Gasteiger partial charge in [0.05, 0.1) is 19.8 Å². The average Bonchev–Trinajstić information content (AvgIpc) is 2.77. The highest BCUT2D eigenvalue weighted by Crippen LogP contribution is 2.30. The topological polar surface area (TPSA) is 83.5 Å². The summed E-state index contributed by atoms with van der Waals surface area (Å²) in [5.74, 6) is -0.483. The zero-order valence-corrected chi connectivity index (χ0v) is 17.2. The second-order valence-corrected chi connectivity index (χ2v) is 7.06. The minimum atomic E-state index is -0.886. The number of benzene rings is 2. The Morgan fingerprint density at radius 2 is 1.43 bits per heavy atom. The lowest BCUT2D eigenvalue weighted by molar-refractivity contribution is -0.313. The van der Waals surface area contributed by atoms with E-state index in [2.05, 4.69) is 0 Å². The van der Waals surface area contributed by atoms with Crippen molar-refractivity contribution < 1.29 is 33.6 Å². The van der Waals surface area contributed by atoms with E-state index in [0.717, 1.165) is 11.1 Å². The van der Waals surface area contributed by atoms with Crippen LogP contribution >= 0.6 is 0 Å². The van der Waals surface area contributed by atoms with E-state index in [4.69, 9.17) is 23.7 Å². The molecule has 2 aromatic carbocycles. The van der Waals surface area contributed by atoms with Gasteiger partial charge in [-0.25, -0.2) is 0 Å². The molecule has 0 spiro atoms. The lowest BCUT2D eigenvalue weighted by Crippen LogP contribution is -2.61. The number of methoxy groups -OCH3 is 1. The van der Waals surface area contributed by atoms with Gasteiger partial charge in [0.15, 0.2) is 12.4 Å².